The number of ether oxygens (including phenoxy) is 1. The van der Waals surface area contributed by atoms with E-state index in [0.29, 0.717) is 24.0 Å². The van der Waals surface area contributed by atoms with E-state index in [1.165, 1.54) is 0 Å². The van der Waals surface area contributed by atoms with Crippen LogP contribution in [0.3, 0.4) is 0 Å². The molecule has 3 N–H and O–H groups in total. The molecule has 6 heteroatoms. The van der Waals surface area contributed by atoms with Crippen LogP contribution in [0.15, 0.2) is 24.4 Å². The minimum absolute atomic E-state index is 0.143. The highest BCUT2D eigenvalue weighted by Crippen LogP contribution is 2.59. The van der Waals surface area contributed by atoms with Crippen molar-refractivity contribution in [2.75, 3.05) is 0 Å². The molecule has 0 saturated heterocycles. The quantitative estimate of drug-likeness (QED) is 0.890. The molecule has 0 spiro atoms. The third-order valence-electron chi connectivity index (χ3n) is 6.13. The third kappa shape index (κ3) is 2.54. The average molecular weight is 329 g/mol. The van der Waals surface area contributed by atoms with E-state index in [2.05, 4.69) is 10.3 Å². The van der Waals surface area contributed by atoms with Gasteiger partial charge in [0.1, 0.15) is 11.3 Å². The van der Waals surface area contributed by atoms with Crippen molar-refractivity contribution >= 4 is 12.0 Å². The summed E-state index contributed by atoms with van der Waals surface area (Å²) in [5.41, 5.74) is 4.95. The Kier molecular flexibility index (Phi) is 3.51. The summed E-state index contributed by atoms with van der Waals surface area (Å²) in [5.74, 6) is 0.751. The summed E-state index contributed by atoms with van der Waals surface area (Å²) in [6, 6.07) is 5.33. The van der Waals surface area contributed by atoms with Gasteiger partial charge in [-0.3, -0.25) is 9.78 Å². The molecule has 2 amide bonds. The van der Waals surface area contributed by atoms with Gasteiger partial charge >= 0.3 is 6.09 Å². The Hall–Kier alpha value is -2.11. The summed E-state index contributed by atoms with van der Waals surface area (Å²) in [5, 5.41) is 3.27. The molecule has 128 valence electrons. The Morgan fingerprint density at radius 2 is 2.21 bits per heavy atom. The Morgan fingerprint density at radius 1 is 1.33 bits per heavy atom. The first-order valence-corrected chi connectivity index (χ1v) is 8.72. The number of carbonyl (C=O) groups is 2. The number of carbonyl (C=O) groups excluding carboxylic acids is 2. The van der Waals surface area contributed by atoms with Crippen molar-refractivity contribution in [1.82, 2.24) is 10.3 Å². The summed E-state index contributed by atoms with van der Waals surface area (Å²) in [6.07, 6.45) is 7.49. The van der Waals surface area contributed by atoms with Crippen molar-refractivity contribution in [1.29, 1.82) is 0 Å². The van der Waals surface area contributed by atoms with Crippen LogP contribution in [0.25, 0.3) is 0 Å². The highest BCUT2D eigenvalue weighted by molar-refractivity contribution is 5.92. The monoisotopic (exact) mass is 329 g/mol. The molecule has 3 fully saturated rings. The molecule has 4 rings (SSSR count). The molecule has 6 nitrogen and oxygen atoms in total. The summed E-state index contributed by atoms with van der Waals surface area (Å²) < 4.78 is 5.59. The molecule has 0 aromatic carbocycles. The lowest BCUT2D eigenvalue weighted by Gasteiger charge is -2.36. The Bertz CT molecular complexity index is 665. The zero-order valence-corrected chi connectivity index (χ0v) is 13.7. The Morgan fingerprint density at radius 3 is 2.96 bits per heavy atom. The summed E-state index contributed by atoms with van der Waals surface area (Å²) in [7, 11) is 0. The molecule has 1 aromatic heterocycles. The highest BCUT2D eigenvalue weighted by Gasteiger charge is 2.61. The standard InChI is InChI=1S/C18H23N3O3/c19-16(23)24-17-9-12-4-3-6-18(11-17,13(8-12)10-17)21-15(22)14-5-1-2-7-20-14/h1-2,5,7,12-13H,3-4,6,8-11H2,(H2,19,23)(H,21,22). The number of hydrogen-bond acceptors (Lipinski definition) is 4. The molecule has 3 aliphatic rings. The van der Waals surface area contributed by atoms with Crippen LogP contribution < -0.4 is 11.1 Å². The first kappa shape index (κ1) is 15.4. The fourth-order valence-corrected chi connectivity index (χ4v) is 5.46. The first-order chi connectivity index (χ1) is 11.5. The highest BCUT2D eigenvalue weighted by atomic mass is 16.6. The number of pyridine rings is 1. The summed E-state index contributed by atoms with van der Waals surface area (Å²) in [4.78, 5) is 28.3. The lowest BCUT2D eigenvalue weighted by molar-refractivity contribution is -0.0195. The number of aromatic nitrogens is 1. The number of primary amides is 1. The van der Waals surface area contributed by atoms with Crippen molar-refractivity contribution in [3.63, 3.8) is 0 Å². The van der Waals surface area contributed by atoms with Gasteiger partial charge in [0.05, 0.1) is 0 Å². The van der Waals surface area contributed by atoms with E-state index < -0.39 is 11.7 Å². The van der Waals surface area contributed by atoms with Gasteiger partial charge in [0.2, 0.25) is 0 Å². The molecule has 1 aromatic rings. The number of nitrogens with one attached hydrogen (secondary N) is 1. The predicted octanol–water partition coefficient (Wildman–Crippen LogP) is 2.39. The molecule has 4 unspecified atom stereocenters. The van der Waals surface area contributed by atoms with Gasteiger partial charge in [-0.1, -0.05) is 18.9 Å². The number of rotatable bonds is 3. The largest absolute Gasteiger partial charge is 0.443 e. The Balaban J connectivity index is 1.63. The first-order valence-electron chi connectivity index (χ1n) is 8.72. The van der Waals surface area contributed by atoms with Crippen molar-refractivity contribution in [3.05, 3.63) is 30.1 Å². The Labute approximate surface area is 141 Å². The van der Waals surface area contributed by atoms with Crippen LogP contribution in [0, 0.1) is 11.8 Å². The van der Waals surface area contributed by atoms with Crippen LogP contribution in [0.1, 0.15) is 55.4 Å². The van der Waals surface area contributed by atoms with Crippen molar-refractivity contribution in [3.8, 4) is 0 Å². The molecule has 3 aliphatic carbocycles. The van der Waals surface area contributed by atoms with Crippen LogP contribution in [-0.2, 0) is 4.74 Å². The van der Waals surface area contributed by atoms with Crippen LogP contribution in [0.2, 0.25) is 0 Å². The number of hydrogen-bond donors (Lipinski definition) is 2. The second-order valence-electron chi connectivity index (χ2n) is 7.71. The van der Waals surface area contributed by atoms with Gasteiger partial charge in [-0.15, -0.1) is 0 Å². The van der Waals surface area contributed by atoms with Crippen molar-refractivity contribution < 1.29 is 14.3 Å². The lowest BCUT2D eigenvalue weighted by atomic mass is 9.77. The maximum absolute atomic E-state index is 12.7. The topological polar surface area (TPSA) is 94.3 Å². The van der Waals surface area contributed by atoms with Gasteiger partial charge in [-0.25, -0.2) is 4.79 Å². The van der Waals surface area contributed by atoms with Crippen LogP contribution in [0.5, 0.6) is 0 Å². The van der Waals surface area contributed by atoms with E-state index in [-0.39, 0.29) is 11.4 Å². The van der Waals surface area contributed by atoms with Crippen molar-refractivity contribution in [2.45, 2.75) is 56.1 Å². The number of nitrogens with two attached hydrogens (primary N) is 1. The fraction of sp³-hybridized carbons (Fsp3) is 0.611. The predicted molar refractivity (Wildman–Crippen MR) is 87.1 cm³/mol. The van der Waals surface area contributed by atoms with E-state index in [9.17, 15) is 9.59 Å². The minimum Gasteiger partial charge on any atom is -0.443 e. The molecule has 3 bridgehead atoms. The normalized spacial score (nSPS) is 36.8. The molecule has 0 radical (unpaired) electrons. The molecule has 4 atom stereocenters. The van der Waals surface area contributed by atoms with Crippen molar-refractivity contribution in [2.24, 2.45) is 17.6 Å². The van der Waals surface area contributed by atoms with Crippen LogP contribution >= 0.6 is 0 Å². The summed E-state index contributed by atoms with van der Waals surface area (Å²) >= 11 is 0. The zero-order valence-electron chi connectivity index (χ0n) is 13.7. The van der Waals surface area contributed by atoms with E-state index in [1.807, 2.05) is 6.07 Å². The maximum Gasteiger partial charge on any atom is 0.405 e. The average Bonchev–Trinajstić information content (AvgIpc) is 2.65. The maximum atomic E-state index is 12.7. The van der Waals surface area contributed by atoms with Gasteiger partial charge in [-0.2, -0.15) is 0 Å². The van der Waals surface area contributed by atoms with E-state index in [0.717, 1.165) is 38.5 Å². The van der Waals surface area contributed by atoms with Gasteiger partial charge in [0.25, 0.3) is 5.91 Å². The van der Waals surface area contributed by atoms with Crippen LogP contribution in [0.4, 0.5) is 4.79 Å². The molecule has 24 heavy (non-hydrogen) atoms. The molecular formula is C18H23N3O3. The van der Waals surface area contributed by atoms with Crippen LogP contribution in [-0.4, -0.2) is 28.1 Å². The fourth-order valence-electron chi connectivity index (χ4n) is 5.46. The third-order valence-corrected chi connectivity index (χ3v) is 6.13. The molecular weight excluding hydrogens is 306 g/mol. The van der Waals surface area contributed by atoms with E-state index in [1.54, 1.807) is 18.3 Å². The molecule has 3 saturated carbocycles. The smallest absolute Gasteiger partial charge is 0.405 e. The minimum atomic E-state index is -0.707. The lowest BCUT2D eigenvalue weighted by Crippen LogP contribution is -2.51. The molecule has 1 heterocycles. The van der Waals surface area contributed by atoms with E-state index in [4.69, 9.17) is 10.5 Å². The number of nitrogens with zero attached hydrogens (tertiary/aromatic N) is 1. The summed E-state index contributed by atoms with van der Waals surface area (Å²) in [6.45, 7) is 0. The van der Waals surface area contributed by atoms with Gasteiger partial charge in [0.15, 0.2) is 0 Å². The van der Waals surface area contributed by atoms with Gasteiger partial charge in [0, 0.05) is 18.2 Å². The second-order valence-corrected chi connectivity index (χ2v) is 7.71. The SMILES string of the molecule is NC(=O)OC12CC3CCCC(NC(=O)c4ccccn4)(C1)C(C3)C2. The zero-order chi connectivity index (χ0) is 16.8. The second kappa shape index (κ2) is 5.46. The number of fused-ring (bicyclic) bond motifs is 2. The van der Waals surface area contributed by atoms with Gasteiger partial charge in [-0.05, 0) is 49.7 Å². The van der Waals surface area contributed by atoms with Gasteiger partial charge < -0.3 is 15.8 Å². The molecule has 0 aliphatic heterocycles. The van der Waals surface area contributed by atoms with E-state index >= 15 is 0 Å². The number of amides is 2.